The summed E-state index contributed by atoms with van der Waals surface area (Å²) in [6.07, 6.45) is 5.48. The maximum atomic E-state index is 4.64. The van der Waals surface area contributed by atoms with Crippen LogP contribution >= 0.6 is 0 Å². The van der Waals surface area contributed by atoms with E-state index in [0.717, 1.165) is 28.2 Å². The third kappa shape index (κ3) is 3.25. The molecule has 3 heteroatoms. The highest BCUT2D eigenvalue weighted by atomic mass is 14.8. The Morgan fingerprint density at radius 1 is 1.16 bits per heavy atom. The summed E-state index contributed by atoms with van der Waals surface area (Å²) in [6.45, 7) is 8.30. The second kappa shape index (κ2) is 5.74. The van der Waals surface area contributed by atoms with E-state index in [1.165, 1.54) is 0 Å². The zero-order valence-electron chi connectivity index (χ0n) is 11.9. The lowest BCUT2D eigenvalue weighted by Gasteiger charge is -2.06. The van der Waals surface area contributed by atoms with Gasteiger partial charge in [-0.3, -0.25) is 15.0 Å². The van der Waals surface area contributed by atoms with Gasteiger partial charge in [0.25, 0.3) is 0 Å². The van der Waals surface area contributed by atoms with Gasteiger partial charge in [0.2, 0.25) is 0 Å². The Labute approximate surface area is 114 Å². The third-order valence-corrected chi connectivity index (χ3v) is 3.07. The topological polar surface area (TPSA) is 38.1 Å². The van der Waals surface area contributed by atoms with E-state index in [0.29, 0.717) is 5.92 Å². The van der Waals surface area contributed by atoms with Crippen LogP contribution in [-0.4, -0.2) is 15.7 Å². The molecule has 19 heavy (non-hydrogen) atoms. The molecule has 2 aromatic rings. The second-order valence-electron chi connectivity index (χ2n) is 4.99. The van der Waals surface area contributed by atoms with Gasteiger partial charge in [-0.1, -0.05) is 13.8 Å². The van der Waals surface area contributed by atoms with Crippen molar-refractivity contribution in [2.24, 2.45) is 4.99 Å². The maximum Gasteiger partial charge on any atom is 0.0692 e. The van der Waals surface area contributed by atoms with Crippen molar-refractivity contribution in [1.29, 1.82) is 0 Å². The Balaban J connectivity index is 2.29. The van der Waals surface area contributed by atoms with Crippen LogP contribution in [0.25, 0.3) is 0 Å². The van der Waals surface area contributed by atoms with E-state index in [1.807, 2.05) is 32.3 Å². The maximum absolute atomic E-state index is 4.64. The number of hydrogen-bond acceptors (Lipinski definition) is 3. The molecule has 2 rings (SSSR count). The van der Waals surface area contributed by atoms with Crippen molar-refractivity contribution < 1.29 is 0 Å². The molecule has 2 aromatic heterocycles. The molecule has 0 spiro atoms. The molecule has 2 heterocycles. The number of hydrogen-bond donors (Lipinski definition) is 0. The van der Waals surface area contributed by atoms with E-state index in [1.54, 1.807) is 6.20 Å². The summed E-state index contributed by atoms with van der Waals surface area (Å²) in [6, 6.07) is 6.07. The van der Waals surface area contributed by atoms with Gasteiger partial charge in [0.05, 0.1) is 5.69 Å². The van der Waals surface area contributed by atoms with Crippen molar-refractivity contribution >= 4 is 11.4 Å². The van der Waals surface area contributed by atoms with E-state index >= 15 is 0 Å². The first-order valence-corrected chi connectivity index (χ1v) is 6.50. The quantitative estimate of drug-likeness (QED) is 0.774. The van der Waals surface area contributed by atoms with Gasteiger partial charge in [-0.05, 0) is 43.5 Å². The molecule has 0 saturated carbocycles. The van der Waals surface area contributed by atoms with Crippen molar-refractivity contribution in [3.63, 3.8) is 0 Å². The van der Waals surface area contributed by atoms with Gasteiger partial charge in [-0.2, -0.15) is 0 Å². The molecule has 98 valence electrons. The lowest BCUT2D eigenvalue weighted by Crippen LogP contribution is -1.98. The molecule has 3 nitrogen and oxygen atoms in total. The van der Waals surface area contributed by atoms with E-state index in [9.17, 15) is 0 Å². The predicted octanol–water partition coefficient (Wildman–Crippen LogP) is 4.05. The standard InChI is InChI=1S/C16H19N3/c1-11(2)15-6-5-14(10-18-15)13(4)19-16-7-8-17-9-12(16)3/h5-11H,1-4H3/b19-13+. The van der Waals surface area contributed by atoms with E-state index < -0.39 is 0 Å². The second-order valence-corrected chi connectivity index (χ2v) is 4.99. The van der Waals surface area contributed by atoms with Crippen LogP contribution in [0.15, 0.2) is 41.8 Å². The fourth-order valence-corrected chi connectivity index (χ4v) is 1.80. The van der Waals surface area contributed by atoms with Crippen LogP contribution in [0.5, 0.6) is 0 Å². The number of nitrogens with zero attached hydrogens (tertiary/aromatic N) is 3. The van der Waals surface area contributed by atoms with E-state index in [-0.39, 0.29) is 0 Å². The van der Waals surface area contributed by atoms with Crippen molar-refractivity contribution in [2.45, 2.75) is 33.6 Å². The predicted molar refractivity (Wildman–Crippen MR) is 79.2 cm³/mol. The summed E-state index contributed by atoms with van der Waals surface area (Å²) in [4.78, 5) is 13.2. The summed E-state index contributed by atoms with van der Waals surface area (Å²) in [5.41, 5.74) is 5.17. The zero-order chi connectivity index (χ0) is 13.8. The molecular formula is C16H19N3. The summed E-state index contributed by atoms with van der Waals surface area (Å²) in [5.74, 6) is 0.453. The normalized spacial score (nSPS) is 11.9. The molecule has 0 atom stereocenters. The van der Waals surface area contributed by atoms with Crippen LogP contribution in [-0.2, 0) is 0 Å². The van der Waals surface area contributed by atoms with Crippen molar-refractivity contribution in [3.8, 4) is 0 Å². The Bertz CT molecular complexity index is 583. The largest absolute Gasteiger partial charge is 0.264 e. The molecule has 0 bridgehead atoms. The van der Waals surface area contributed by atoms with Crippen LogP contribution in [0, 0.1) is 6.92 Å². The van der Waals surface area contributed by atoms with Crippen LogP contribution in [0.4, 0.5) is 5.69 Å². The van der Waals surface area contributed by atoms with Gasteiger partial charge in [0.1, 0.15) is 0 Å². The molecular weight excluding hydrogens is 234 g/mol. The summed E-state index contributed by atoms with van der Waals surface area (Å²) in [5, 5.41) is 0. The van der Waals surface area contributed by atoms with Gasteiger partial charge < -0.3 is 0 Å². The first kappa shape index (κ1) is 13.4. The highest BCUT2D eigenvalue weighted by Gasteiger charge is 2.03. The lowest BCUT2D eigenvalue weighted by atomic mass is 10.1. The van der Waals surface area contributed by atoms with Crippen molar-refractivity contribution in [3.05, 3.63) is 53.6 Å². The first-order chi connectivity index (χ1) is 9.08. The fourth-order valence-electron chi connectivity index (χ4n) is 1.80. The molecule has 0 amide bonds. The van der Waals surface area contributed by atoms with Gasteiger partial charge in [-0.25, -0.2) is 0 Å². The molecule has 0 fully saturated rings. The molecule has 0 N–H and O–H groups in total. The average molecular weight is 253 g/mol. The highest BCUT2D eigenvalue weighted by Crippen LogP contribution is 2.18. The zero-order valence-corrected chi connectivity index (χ0v) is 11.9. The highest BCUT2D eigenvalue weighted by molar-refractivity contribution is 6.00. The number of rotatable bonds is 3. The number of aryl methyl sites for hydroxylation is 1. The summed E-state index contributed by atoms with van der Waals surface area (Å²) < 4.78 is 0. The number of pyridine rings is 2. The van der Waals surface area contributed by atoms with Crippen LogP contribution in [0.1, 0.15) is 43.5 Å². The number of aromatic nitrogens is 2. The minimum Gasteiger partial charge on any atom is -0.264 e. The van der Waals surface area contributed by atoms with Crippen molar-refractivity contribution in [2.75, 3.05) is 0 Å². The fraction of sp³-hybridized carbons (Fsp3) is 0.312. The van der Waals surface area contributed by atoms with Gasteiger partial charge in [0.15, 0.2) is 0 Å². The van der Waals surface area contributed by atoms with Crippen LogP contribution in [0.3, 0.4) is 0 Å². The molecule has 0 aromatic carbocycles. The van der Waals surface area contributed by atoms with E-state index in [4.69, 9.17) is 0 Å². The minimum absolute atomic E-state index is 0.453. The van der Waals surface area contributed by atoms with Crippen LogP contribution < -0.4 is 0 Å². The molecule has 0 saturated heterocycles. The van der Waals surface area contributed by atoms with Crippen molar-refractivity contribution in [1.82, 2.24) is 9.97 Å². The third-order valence-electron chi connectivity index (χ3n) is 3.07. The van der Waals surface area contributed by atoms with Gasteiger partial charge in [-0.15, -0.1) is 0 Å². The Kier molecular flexibility index (Phi) is 4.05. The summed E-state index contributed by atoms with van der Waals surface area (Å²) >= 11 is 0. The number of aliphatic imine (C=N–C) groups is 1. The molecule has 0 aliphatic heterocycles. The Morgan fingerprint density at radius 2 is 1.95 bits per heavy atom. The minimum atomic E-state index is 0.453. The summed E-state index contributed by atoms with van der Waals surface area (Å²) in [7, 11) is 0. The Hall–Kier alpha value is -2.03. The lowest BCUT2D eigenvalue weighted by molar-refractivity contribution is 0.822. The van der Waals surface area contributed by atoms with Gasteiger partial charge >= 0.3 is 0 Å². The molecule has 0 aliphatic rings. The first-order valence-electron chi connectivity index (χ1n) is 6.50. The van der Waals surface area contributed by atoms with E-state index in [2.05, 4.69) is 40.9 Å². The Morgan fingerprint density at radius 3 is 2.53 bits per heavy atom. The molecule has 0 aliphatic carbocycles. The smallest absolute Gasteiger partial charge is 0.0692 e. The molecule has 0 radical (unpaired) electrons. The average Bonchev–Trinajstić information content (AvgIpc) is 2.41. The van der Waals surface area contributed by atoms with Gasteiger partial charge in [0, 0.05) is 35.6 Å². The molecule has 0 unspecified atom stereocenters. The van der Waals surface area contributed by atoms with Crippen LogP contribution in [0.2, 0.25) is 0 Å². The SMILES string of the molecule is C/C(=N\c1ccncc1C)c1ccc(C(C)C)nc1. The monoisotopic (exact) mass is 253 g/mol.